The Morgan fingerprint density at radius 1 is 1.26 bits per heavy atom. The maximum atomic E-state index is 13.8. The number of aromatic nitrogens is 1. The molecule has 0 aliphatic carbocycles. The molecule has 2 N–H and O–H groups in total. The Kier molecular flexibility index (Phi) is 6.14. The highest BCUT2D eigenvalue weighted by molar-refractivity contribution is 7.22. The zero-order chi connectivity index (χ0) is 20.2. The molecule has 148 valence electrons. The van der Waals surface area contributed by atoms with E-state index in [2.05, 4.69) is 9.72 Å². The van der Waals surface area contributed by atoms with Crippen molar-refractivity contribution in [2.75, 3.05) is 19.0 Å². The van der Waals surface area contributed by atoms with Gasteiger partial charge in [0.15, 0.2) is 5.13 Å². The fraction of sp³-hybridized carbons (Fsp3) is 0.438. The van der Waals surface area contributed by atoms with Gasteiger partial charge in [0.25, 0.3) is 0 Å². The molecule has 0 unspecified atom stereocenters. The van der Waals surface area contributed by atoms with Crippen LogP contribution in [0.5, 0.6) is 5.75 Å². The van der Waals surface area contributed by atoms with Crippen molar-refractivity contribution in [1.82, 2.24) is 10.3 Å². The van der Waals surface area contributed by atoms with Gasteiger partial charge in [0.1, 0.15) is 5.75 Å². The van der Waals surface area contributed by atoms with Crippen molar-refractivity contribution in [2.24, 2.45) is 0 Å². The van der Waals surface area contributed by atoms with E-state index < -0.39 is 23.7 Å². The second-order valence-corrected chi connectivity index (χ2v) is 6.38. The monoisotopic (exact) mass is 405 g/mol. The number of nitrogens with zero attached hydrogens (tertiary/aromatic N) is 1. The number of anilines is 1. The summed E-state index contributed by atoms with van der Waals surface area (Å²) in [5.41, 5.74) is -3.04. The number of nitrogens with one attached hydrogen (secondary N) is 2. The lowest BCUT2D eigenvalue weighted by Crippen LogP contribution is -2.69. The van der Waals surface area contributed by atoms with Crippen molar-refractivity contribution >= 4 is 38.6 Å². The number of thiazole rings is 1. The summed E-state index contributed by atoms with van der Waals surface area (Å²) in [6.07, 6.45) is -5.44. The first-order chi connectivity index (χ1) is 12.7. The Morgan fingerprint density at radius 2 is 1.96 bits per heavy atom. The summed E-state index contributed by atoms with van der Waals surface area (Å²) >= 11 is 0.882. The summed E-state index contributed by atoms with van der Waals surface area (Å²) in [5.74, 6) is -2.15. The predicted molar refractivity (Wildman–Crippen MR) is 93.6 cm³/mol. The van der Waals surface area contributed by atoms with Crippen LogP contribution in [-0.4, -0.2) is 42.4 Å². The lowest BCUT2D eigenvalue weighted by Gasteiger charge is -2.33. The lowest BCUT2D eigenvalue weighted by atomic mass is 10.1. The zero-order valence-corrected chi connectivity index (χ0v) is 15.6. The summed E-state index contributed by atoms with van der Waals surface area (Å²) in [7, 11) is 0.801. The molecule has 1 aromatic carbocycles. The van der Waals surface area contributed by atoms with Gasteiger partial charge in [-0.05, 0) is 25.1 Å². The maximum Gasteiger partial charge on any atom is 0.442 e. The number of hydrogen-bond donors (Lipinski definition) is 2. The van der Waals surface area contributed by atoms with Gasteiger partial charge in [0.2, 0.25) is 5.91 Å². The topological polar surface area (TPSA) is 89.5 Å². The van der Waals surface area contributed by atoms with Crippen LogP contribution in [0.4, 0.5) is 18.3 Å². The number of ether oxygens (including phenoxy) is 2. The Hall–Kier alpha value is -2.56. The van der Waals surface area contributed by atoms with E-state index >= 15 is 0 Å². The standard InChI is InChI=1S/C16H18F3N3O4S/c1-4-12(23)21-15(13(24)25-3,16(17,18)19)22-14-20-10-7-6-9(26-5-2)8-11(10)27-14/h6-8H,4-5H2,1-3H3,(H,20,22)(H,21,23)/t15-/m0/s1. The molecule has 7 nitrogen and oxygen atoms in total. The molecular weight excluding hydrogens is 387 g/mol. The third-order valence-corrected chi connectivity index (χ3v) is 4.46. The first-order valence-corrected chi connectivity index (χ1v) is 8.76. The Labute approximate surface area is 156 Å². The van der Waals surface area contributed by atoms with Crippen LogP contribution in [0.25, 0.3) is 10.2 Å². The van der Waals surface area contributed by atoms with E-state index in [4.69, 9.17) is 4.74 Å². The number of halogens is 3. The quantitative estimate of drug-likeness (QED) is 0.544. The molecule has 0 aliphatic rings. The number of rotatable bonds is 7. The number of alkyl halides is 3. The van der Waals surface area contributed by atoms with E-state index in [0.717, 1.165) is 18.4 Å². The van der Waals surface area contributed by atoms with Crippen molar-refractivity contribution in [1.29, 1.82) is 0 Å². The average molecular weight is 405 g/mol. The fourth-order valence-electron chi connectivity index (χ4n) is 2.22. The number of hydrogen-bond acceptors (Lipinski definition) is 7. The zero-order valence-electron chi connectivity index (χ0n) is 14.8. The lowest BCUT2D eigenvalue weighted by molar-refractivity contribution is -0.206. The summed E-state index contributed by atoms with van der Waals surface area (Å²) in [4.78, 5) is 27.8. The average Bonchev–Trinajstić information content (AvgIpc) is 3.00. The predicted octanol–water partition coefficient (Wildman–Crippen LogP) is 3.06. The largest absolute Gasteiger partial charge is 0.494 e. The number of esters is 1. The van der Waals surface area contributed by atoms with Crippen LogP contribution in [0, 0.1) is 0 Å². The first-order valence-electron chi connectivity index (χ1n) is 7.94. The SMILES string of the molecule is CCOc1ccc2nc(N[C@@](NC(=O)CC)(C(=O)OC)C(F)(F)F)sc2c1. The Balaban J connectivity index is 2.49. The minimum atomic E-state index is -5.18. The van der Waals surface area contributed by atoms with E-state index in [1.807, 2.05) is 5.32 Å². The van der Waals surface area contributed by atoms with Gasteiger partial charge >= 0.3 is 17.8 Å². The van der Waals surface area contributed by atoms with Gasteiger partial charge in [-0.25, -0.2) is 9.78 Å². The van der Waals surface area contributed by atoms with Crippen molar-refractivity contribution in [2.45, 2.75) is 32.1 Å². The van der Waals surface area contributed by atoms with Crippen molar-refractivity contribution in [3.8, 4) is 5.75 Å². The normalized spacial score (nSPS) is 13.7. The van der Waals surface area contributed by atoms with Gasteiger partial charge in [-0.3, -0.25) is 4.79 Å². The molecule has 1 amide bonds. The molecule has 0 radical (unpaired) electrons. The van der Waals surface area contributed by atoms with Crippen LogP contribution in [0.15, 0.2) is 18.2 Å². The third kappa shape index (κ3) is 4.24. The van der Waals surface area contributed by atoms with E-state index in [-0.39, 0.29) is 11.6 Å². The molecule has 2 rings (SSSR count). The number of methoxy groups -OCH3 is 1. The molecule has 27 heavy (non-hydrogen) atoms. The van der Waals surface area contributed by atoms with Crippen LogP contribution < -0.4 is 15.4 Å². The first kappa shape index (κ1) is 20.7. The molecular formula is C16H18F3N3O4S. The summed E-state index contributed by atoms with van der Waals surface area (Å²) in [5, 5.41) is 3.50. The van der Waals surface area contributed by atoms with Crippen molar-refractivity contribution in [3.05, 3.63) is 18.2 Å². The van der Waals surface area contributed by atoms with Gasteiger partial charge in [-0.1, -0.05) is 18.3 Å². The molecule has 0 aliphatic heterocycles. The number of carbonyl (C=O) groups excluding carboxylic acids is 2. The van der Waals surface area contributed by atoms with E-state index in [9.17, 15) is 22.8 Å². The van der Waals surface area contributed by atoms with Crippen molar-refractivity contribution < 1.29 is 32.2 Å². The summed E-state index contributed by atoms with van der Waals surface area (Å²) < 4.78 is 51.6. The number of carbonyl (C=O) groups is 2. The highest BCUT2D eigenvalue weighted by atomic mass is 32.1. The number of benzene rings is 1. The van der Waals surface area contributed by atoms with Crippen LogP contribution in [0.2, 0.25) is 0 Å². The van der Waals surface area contributed by atoms with Crippen LogP contribution in [0.3, 0.4) is 0 Å². The molecule has 0 spiro atoms. The molecule has 1 aromatic heterocycles. The summed E-state index contributed by atoms with van der Waals surface area (Å²) in [6, 6.07) is 4.84. The molecule has 1 heterocycles. The highest BCUT2D eigenvalue weighted by Gasteiger charge is 2.63. The minimum absolute atomic E-state index is 0.210. The molecule has 11 heteroatoms. The second-order valence-electron chi connectivity index (χ2n) is 5.35. The van der Waals surface area contributed by atoms with Gasteiger partial charge in [0.05, 0.1) is 23.9 Å². The van der Waals surface area contributed by atoms with E-state index in [1.54, 1.807) is 30.4 Å². The molecule has 2 aromatic rings. The van der Waals surface area contributed by atoms with E-state index in [1.165, 1.54) is 6.92 Å². The van der Waals surface area contributed by atoms with Crippen LogP contribution in [0.1, 0.15) is 20.3 Å². The minimum Gasteiger partial charge on any atom is -0.494 e. The number of amides is 1. The molecule has 0 fully saturated rings. The van der Waals surface area contributed by atoms with Crippen molar-refractivity contribution in [3.63, 3.8) is 0 Å². The maximum absolute atomic E-state index is 13.8. The Morgan fingerprint density at radius 3 is 2.52 bits per heavy atom. The van der Waals surface area contributed by atoms with Crippen LogP contribution in [-0.2, 0) is 14.3 Å². The molecule has 0 bridgehead atoms. The molecule has 0 saturated heterocycles. The highest BCUT2D eigenvalue weighted by Crippen LogP contribution is 2.36. The summed E-state index contributed by atoms with van der Waals surface area (Å²) in [6.45, 7) is 3.59. The second kappa shape index (κ2) is 7.99. The van der Waals surface area contributed by atoms with Crippen LogP contribution >= 0.6 is 11.3 Å². The van der Waals surface area contributed by atoms with Gasteiger partial charge in [0, 0.05) is 6.42 Å². The smallest absolute Gasteiger partial charge is 0.442 e. The Bertz CT molecular complexity index is 840. The van der Waals surface area contributed by atoms with Gasteiger partial charge < -0.3 is 20.1 Å². The molecule has 0 saturated carbocycles. The fourth-order valence-corrected chi connectivity index (χ4v) is 3.17. The number of fused-ring (bicyclic) bond motifs is 1. The van der Waals surface area contributed by atoms with Gasteiger partial charge in [-0.2, -0.15) is 13.2 Å². The van der Waals surface area contributed by atoms with Gasteiger partial charge in [-0.15, -0.1) is 0 Å². The third-order valence-electron chi connectivity index (χ3n) is 3.53. The molecule has 1 atom stereocenters. The van der Waals surface area contributed by atoms with E-state index in [0.29, 0.717) is 22.6 Å².